The third-order valence-corrected chi connectivity index (χ3v) is 9.17. The molecule has 0 saturated heterocycles. The number of carbonyl (C=O) groups excluding carboxylic acids is 1. The van der Waals surface area contributed by atoms with Gasteiger partial charge in [0, 0.05) is 11.6 Å². The van der Waals surface area contributed by atoms with Crippen LogP contribution in [0.2, 0.25) is 0 Å². The summed E-state index contributed by atoms with van der Waals surface area (Å²) < 4.78 is 19.0. The largest absolute Gasteiger partial charge is 0.465 e. The first-order valence-corrected chi connectivity index (χ1v) is 14.5. The minimum Gasteiger partial charge on any atom is -0.465 e. The molecule has 2 aliphatic rings. The van der Waals surface area contributed by atoms with Crippen molar-refractivity contribution in [3.05, 3.63) is 102 Å². The molecule has 1 fully saturated rings. The predicted octanol–water partition coefficient (Wildman–Crippen LogP) is 5.85. The second-order valence-electron chi connectivity index (χ2n) is 8.48. The maximum atomic E-state index is 13.9. The Kier molecular flexibility index (Phi) is 7.73. The number of nitrogens with one attached hydrogen (secondary N) is 1. The summed E-state index contributed by atoms with van der Waals surface area (Å²) in [6.45, 7) is 0. The molecule has 1 aliphatic carbocycles. The van der Waals surface area contributed by atoms with Crippen LogP contribution in [0.3, 0.4) is 0 Å². The van der Waals surface area contributed by atoms with Crippen LogP contribution >= 0.6 is 34.9 Å². The number of carbonyl (C=O) groups is 1. The van der Waals surface area contributed by atoms with Crippen molar-refractivity contribution in [2.75, 3.05) is 23.7 Å². The van der Waals surface area contributed by atoms with Gasteiger partial charge in [-0.2, -0.15) is 5.10 Å². The normalized spacial score (nSPS) is 16.1. The number of thioether (sulfide) groups is 2. The fourth-order valence-corrected chi connectivity index (χ4v) is 6.86. The molecule has 13 heteroatoms. The van der Waals surface area contributed by atoms with Gasteiger partial charge in [0.2, 0.25) is 5.43 Å². The molecule has 1 saturated carbocycles. The second-order valence-corrected chi connectivity index (χ2v) is 11.6. The van der Waals surface area contributed by atoms with Crippen LogP contribution in [0.4, 0.5) is 15.1 Å². The fraction of sp³-hybridized carbons (Fsp3) is 0.192. The Hall–Kier alpha value is -3.68. The number of halogens is 1. The molecule has 2 aromatic carbocycles. The highest BCUT2D eigenvalue weighted by Gasteiger charge is 2.39. The fourth-order valence-electron chi connectivity index (χ4n) is 3.84. The van der Waals surface area contributed by atoms with Crippen LogP contribution in [-0.2, 0) is 4.74 Å². The van der Waals surface area contributed by atoms with Gasteiger partial charge in [0.05, 0.1) is 21.9 Å². The molecule has 0 bridgehead atoms. The zero-order valence-corrected chi connectivity index (χ0v) is 23.1. The molecule has 1 aromatic heterocycles. The Bertz CT molecular complexity index is 1570. The first kappa shape index (κ1) is 26.9. The summed E-state index contributed by atoms with van der Waals surface area (Å²) in [5.41, 5.74) is -0.734. The van der Waals surface area contributed by atoms with Gasteiger partial charge in [-0.25, -0.2) is 14.2 Å². The van der Waals surface area contributed by atoms with Crippen LogP contribution in [0, 0.1) is 15.9 Å². The number of hydrogen-bond donors (Lipinski definition) is 1. The van der Waals surface area contributed by atoms with Crippen molar-refractivity contribution in [2.24, 2.45) is 5.10 Å². The lowest BCUT2D eigenvalue weighted by Gasteiger charge is -2.17. The van der Waals surface area contributed by atoms with Crippen molar-refractivity contribution in [3.63, 3.8) is 0 Å². The zero-order valence-electron chi connectivity index (χ0n) is 20.7. The van der Waals surface area contributed by atoms with E-state index in [1.54, 1.807) is 6.26 Å². The average Bonchev–Trinajstić information content (AvgIpc) is 3.65. The van der Waals surface area contributed by atoms with Gasteiger partial charge >= 0.3 is 11.7 Å². The number of anilines is 2. The lowest BCUT2D eigenvalue weighted by Crippen LogP contribution is -2.25. The Labute approximate surface area is 234 Å². The van der Waals surface area contributed by atoms with Crippen LogP contribution in [0.5, 0.6) is 0 Å². The quantitative estimate of drug-likeness (QED) is 0.151. The van der Waals surface area contributed by atoms with Gasteiger partial charge in [0.1, 0.15) is 27.0 Å². The number of benzene rings is 2. The van der Waals surface area contributed by atoms with Gasteiger partial charge in [-0.3, -0.25) is 14.9 Å². The van der Waals surface area contributed by atoms with E-state index in [1.165, 1.54) is 41.0 Å². The molecule has 9 nitrogen and oxygen atoms in total. The molecule has 0 radical (unpaired) electrons. The van der Waals surface area contributed by atoms with Gasteiger partial charge < -0.3 is 10.1 Å². The first-order valence-electron chi connectivity index (χ1n) is 11.7. The van der Waals surface area contributed by atoms with E-state index in [2.05, 4.69) is 10.4 Å². The molecule has 0 spiro atoms. The van der Waals surface area contributed by atoms with Crippen molar-refractivity contribution in [2.45, 2.75) is 23.1 Å². The van der Waals surface area contributed by atoms with Crippen LogP contribution < -0.4 is 15.8 Å². The number of hydrazone groups is 1. The Morgan fingerprint density at radius 2 is 1.87 bits per heavy atom. The summed E-state index contributed by atoms with van der Waals surface area (Å²) in [7, 11) is 1.16. The summed E-state index contributed by atoms with van der Waals surface area (Å²) in [5.74, 6) is -1.36. The minimum absolute atomic E-state index is 0.0452. The molecule has 0 unspecified atom stereocenters. The first-order chi connectivity index (χ1) is 18.8. The highest BCUT2D eigenvalue weighted by molar-refractivity contribution is 8.18. The van der Waals surface area contributed by atoms with E-state index in [0.29, 0.717) is 25.5 Å². The predicted molar refractivity (Wildman–Crippen MR) is 154 cm³/mol. The van der Waals surface area contributed by atoms with Crippen LogP contribution in [0.1, 0.15) is 34.3 Å². The van der Waals surface area contributed by atoms with Crippen molar-refractivity contribution in [1.29, 1.82) is 0 Å². The number of nitro groups is 1. The smallest absolute Gasteiger partial charge is 0.344 e. The third kappa shape index (κ3) is 5.42. The van der Waals surface area contributed by atoms with E-state index in [9.17, 15) is 24.1 Å². The molecule has 200 valence electrons. The summed E-state index contributed by atoms with van der Waals surface area (Å²) >= 11 is 3.29. The van der Waals surface area contributed by atoms with Crippen molar-refractivity contribution in [3.8, 4) is 0 Å². The SMILES string of the molecule is COC(=O)c1c(NC2CC2)sc(SC)c(/C(=C2/SC(c3ccccc3)=NN2c2ccc(F)cc2)[N+](=O)[O-])c1=O. The maximum Gasteiger partial charge on any atom is 0.344 e. The molecule has 1 aliphatic heterocycles. The molecule has 5 rings (SSSR count). The number of hydrogen-bond acceptors (Lipinski definition) is 11. The van der Waals surface area contributed by atoms with Crippen LogP contribution in [0.25, 0.3) is 5.70 Å². The van der Waals surface area contributed by atoms with E-state index >= 15 is 0 Å². The van der Waals surface area contributed by atoms with Crippen LogP contribution in [-0.4, -0.2) is 35.3 Å². The highest BCUT2D eigenvalue weighted by Crippen LogP contribution is 2.44. The monoisotopic (exact) mass is 584 g/mol. The van der Waals surface area contributed by atoms with E-state index in [1.807, 2.05) is 30.3 Å². The second kappa shape index (κ2) is 11.2. The van der Waals surface area contributed by atoms with E-state index in [-0.39, 0.29) is 22.2 Å². The van der Waals surface area contributed by atoms with Gasteiger partial charge in [-0.1, -0.05) is 30.3 Å². The maximum absolute atomic E-state index is 13.9. The molecule has 0 atom stereocenters. The number of esters is 1. The standard InChI is InChI=1S/C26H21FN4O5S3/c1-36-25(33)19-21(32)18(26(37-2)39-23(19)28-16-10-11-16)20(31(34)35)24-30(17-12-8-15(27)9-13-17)29-22(38-24)14-6-4-3-5-7-14/h3-9,12-13,16,28H,10-11H2,1-2H3/b24-20-. The van der Waals surface area contributed by atoms with E-state index in [4.69, 9.17) is 4.74 Å². The highest BCUT2D eigenvalue weighted by atomic mass is 32.2. The van der Waals surface area contributed by atoms with E-state index < -0.39 is 27.8 Å². The zero-order chi connectivity index (χ0) is 27.7. The Morgan fingerprint density at radius 3 is 2.46 bits per heavy atom. The molecular weight excluding hydrogens is 564 g/mol. The Morgan fingerprint density at radius 1 is 1.18 bits per heavy atom. The van der Waals surface area contributed by atoms with Gasteiger partial charge in [0.15, 0.2) is 5.03 Å². The molecule has 3 aromatic rings. The topological polar surface area (TPSA) is 114 Å². The van der Waals surface area contributed by atoms with Crippen molar-refractivity contribution < 1.29 is 18.8 Å². The molecule has 1 N–H and O–H groups in total. The van der Waals surface area contributed by atoms with Crippen LogP contribution in [0.15, 0.2) is 73.7 Å². The molecule has 39 heavy (non-hydrogen) atoms. The van der Waals surface area contributed by atoms with Gasteiger partial charge in [-0.05, 0) is 55.1 Å². The third-order valence-electron chi connectivity index (χ3n) is 5.86. The molecular formula is C26H21FN4O5S3. The van der Waals surface area contributed by atoms with Crippen molar-refractivity contribution >= 4 is 62.3 Å². The number of methoxy groups -OCH3 is 1. The summed E-state index contributed by atoms with van der Waals surface area (Å²) in [6.07, 6.45) is 3.50. The lowest BCUT2D eigenvalue weighted by molar-refractivity contribution is -0.376. The minimum atomic E-state index is -0.878. The summed E-state index contributed by atoms with van der Waals surface area (Å²) in [4.78, 5) is 38.8. The number of ether oxygens (including phenoxy) is 1. The number of nitrogens with zero attached hydrogens (tertiary/aromatic N) is 3. The lowest BCUT2D eigenvalue weighted by atomic mass is 10.1. The Balaban J connectivity index is 1.77. The molecule has 2 heterocycles. The van der Waals surface area contributed by atoms with E-state index in [0.717, 1.165) is 43.1 Å². The van der Waals surface area contributed by atoms with Gasteiger partial charge in [-0.15, -0.1) is 23.1 Å². The molecule has 0 amide bonds. The summed E-state index contributed by atoms with van der Waals surface area (Å²) in [6, 6.07) is 14.6. The average molecular weight is 585 g/mol. The van der Waals surface area contributed by atoms with Gasteiger partial charge in [0.25, 0.3) is 0 Å². The number of rotatable bonds is 8. The summed E-state index contributed by atoms with van der Waals surface area (Å²) in [5, 5.41) is 22.7. The van der Waals surface area contributed by atoms with Crippen molar-refractivity contribution in [1.82, 2.24) is 0 Å².